The zero-order valence-corrected chi connectivity index (χ0v) is 11.1. The highest BCUT2D eigenvalue weighted by Crippen LogP contribution is 2.25. The molecular weight excluding hydrogens is 242 g/mol. The highest BCUT2D eigenvalue weighted by atomic mass is 16.4. The van der Waals surface area contributed by atoms with Crippen LogP contribution in [0.4, 0.5) is 0 Å². The average Bonchev–Trinajstić information content (AvgIpc) is 2.41. The number of carboxylic acids is 1. The molecule has 0 amide bonds. The van der Waals surface area contributed by atoms with Crippen LogP contribution in [0.15, 0.2) is 30.3 Å². The number of hydrogen-bond donors (Lipinski definition) is 1. The molecule has 0 aromatic heterocycles. The SMILES string of the molecule is CCC1C(C(=O)O)C(=O)CCN1Cc1ccccc1. The first-order valence-corrected chi connectivity index (χ1v) is 6.67. The molecule has 0 bridgehead atoms. The summed E-state index contributed by atoms with van der Waals surface area (Å²) in [7, 11) is 0. The third-order valence-corrected chi connectivity index (χ3v) is 3.76. The van der Waals surface area contributed by atoms with E-state index < -0.39 is 11.9 Å². The summed E-state index contributed by atoms with van der Waals surface area (Å²) in [5.74, 6) is -2.00. The lowest BCUT2D eigenvalue weighted by atomic mass is 9.86. The van der Waals surface area contributed by atoms with E-state index in [9.17, 15) is 14.7 Å². The average molecular weight is 261 g/mol. The maximum atomic E-state index is 11.8. The molecule has 1 N–H and O–H groups in total. The fourth-order valence-electron chi connectivity index (χ4n) is 2.81. The van der Waals surface area contributed by atoms with E-state index >= 15 is 0 Å². The van der Waals surface area contributed by atoms with Crippen LogP contribution < -0.4 is 0 Å². The first-order chi connectivity index (χ1) is 9.13. The topological polar surface area (TPSA) is 57.6 Å². The van der Waals surface area contributed by atoms with E-state index in [1.54, 1.807) is 0 Å². The molecule has 2 atom stereocenters. The highest BCUT2D eigenvalue weighted by Gasteiger charge is 2.40. The van der Waals surface area contributed by atoms with E-state index in [2.05, 4.69) is 4.90 Å². The number of carbonyl (C=O) groups excluding carboxylic acids is 1. The van der Waals surface area contributed by atoms with Crippen molar-refractivity contribution in [1.82, 2.24) is 4.90 Å². The monoisotopic (exact) mass is 261 g/mol. The number of ketones is 1. The molecular formula is C15H19NO3. The number of carbonyl (C=O) groups is 2. The Kier molecular flexibility index (Phi) is 4.32. The second-order valence-electron chi connectivity index (χ2n) is 4.96. The van der Waals surface area contributed by atoms with Gasteiger partial charge in [-0.05, 0) is 12.0 Å². The molecule has 0 radical (unpaired) electrons. The van der Waals surface area contributed by atoms with Crippen LogP contribution in [0.5, 0.6) is 0 Å². The van der Waals surface area contributed by atoms with Crippen LogP contribution in [0, 0.1) is 5.92 Å². The molecule has 0 saturated carbocycles. The van der Waals surface area contributed by atoms with Gasteiger partial charge >= 0.3 is 5.97 Å². The van der Waals surface area contributed by atoms with Crippen LogP contribution in [0.3, 0.4) is 0 Å². The van der Waals surface area contributed by atoms with Crippen LogP contribution in [0.2, 0.25) is 0 Å². The van der Waals surface area contributed by atoms with Gasteiger partial charge in [0.25, 0.3) is 0 Å². The Morgan fingerprint density at radius 3 is 2.63 bits per heavy atom. The Morgan fingerprint density at radius 2 is 2.05 bits per heavy atom. The number of piperidine rings is 1. The van der Waals surface area contributed by atoms with Gasteiger partial charge in [0.2, 0.25) is 0 Å². The second-order valence-corrected chi connectivity index (χ2v) is 4.96. The van der Waals surface area contributed by atoms with Gasteiger partial charge in [-0.1, -0.05) is 37.3 Å². The van der Waals surface area contributed by atoms with Gasteiger partial charge in [-0.2, -0.15) is 0 Å². The van der Waals surface area contributed by atoms with Crippen LogP contribution in [-0.2, 0) is 16.1 Å². The van der Waals surface area contributed by atoms with Crippen molar-refractivity contribution in [3.63, 3.8) is 0 Å². The smallest absolute Gasteiger partial charge is 0.315 e. The van der Waals surface area contributed by atoms with Crippen molar-refractivity contribution < 1.29 is 14.7 Å². The molecule has 102 valence electrons. The summed E-state index contributed by atoms with van der Waals surface area (Å²) in [4.78, 5) is 25.2. The van der Waals surface area contributed by atoms with E-state index in [-0.39, 0.29) is 11.8 Å². The lowest BCUT2D eigenvalue weighted by Crippen LogP contribution is -2.51. The van der Waals surface area contributed by atoms with Crippen molar-refractivity contribution in [2.24, 2.45) is 5.92 Å². The van der Waals surface area contributed by atoms with Gasteiger partial charge in [0.15, 0.2) is 0 Å². The number of nitrogens with zero attached hydrogens (tertiary/aromatic N) is 1. The summed E-state index contributed by atoms with van der Waals surface area (Å²) in [6, 6.07) is 9.76. The Hall–Kier alpha value is -1.68. The molecule has 1 aromatic rings. The van der Waals surface area contributed by atoms with Gasteiger partial charge in [0.1, 0.15) is 11.7 Å². The molecule has 1 aliphatic rings. The fraction of sp³-hybridized carbons (Fsp3) is 0.467. The third kappa shape index (κ3) is 3.01. The number of rotatable bonds is 4. The summed E-state index contributed by atoms with van der Waals surface area (Å²) in [5, 5.41) is 9.25. The van der Waals surface area contributed by atoms with Gasteiger partial charge in [0.05, 0.1) is 0 Å². The highest BCUT2D eigenvalue weighted by molar-refractivity contribution is 5.99. The Bertz CT molecular complexity index is 458. The van der Waals surface area contributed by atoms with Gasteiger partial charge in [0, 0.05) is 25.6 Å². The maximum Gasteiger partial charge on any atom is 0.315 e. The van der Waals surface area contributed by atoms with Crippen molar-refractivity contribution >= 4 is 11.8 Å². The fourth-order valence-corrected chi connectivity index (χ4v) is 2.81. The molecule has 1 fully saturated rings. The molecule has 4 nitrogen and oxygen atoms in total. The number of carboxylic acid groups (broad SMARTS) is 1. The summed E-state index contributed by atoms with van der Waals surface area (Å²) in [5.41, 5.74) is 1.15. The minimum atomic E-state index is -0.991. The summed E-state index contributed by atoms with van der Waals surface area (Å²) >= 11 is 0. The molecule has 1 saturated heterocycles. The number of Topliss-reactive ketones (excluding diaryl/α,β-unsaturated/α-hetero) is 1. The summed E-state index contributed by atoms with van der Waals surface area (Å²) in [6.07, 6.45) is 1.01. The van der Waals surface area contributed by atoms with E-state index in [4.69, 9.17) is 0 Å². The molecule has 0 spiro atoms. The van der Waals surface area contributed by atoms with E-state index in [1.165, 1.54) is 0 Å². The van der Waals surface area contributed by atoms with Gasteiger partial charge in [-0.3, -0.25) is 14.5 Å². The molecule has 1 aromatic carbocycles. The lowest BCUT2D eigenvalue weighted by molar-refractivity contribution is -0.152. The third-order valence-electron chi connectivity index (χ3n) is 3.76. The van der Waals surface area contributed by atoms with Gasteiger partial charge < -0.3 is 5.11 Å². The van der Waals surface area contributed by atoms with Crippen LogP contribution >= 0.6 is 0 Å². The van der Waals surface area contributed by atoms with Crippen LogP contribution in [0.25, 0.3) is 0 Å². The number of hydrogen-bond acceptors (Lipinski definition) is 3. The minimum Gasteiger partial charge on any atom is -0.481 e. The molecule has 0 aliphatic carbocycles. The molecule has 4 heteroatoms. The van der Waals surface area contributed by atoms with Crippen molar-refractivity contribution in [2.75, 3.05) is 6.54 Å². The predicted octanol–water partition coefficient (Wildman–Crippen LogP) is 1.94. The second kappa shape index (κ2) is 5.97. The number of benzene rings is 1. The van der Waals surface area contributed by atoms with Gasteiger partial charge in [-0.15, -0.1) is 0 Å². The Labute approximate surface area is 113 Å². The minimum absolute atomic E-state index is 0.135. The zero-order chi connectivity index (χ0) is 13.8. The Morgan fingerprint density at radius 1 is 1.37 bits per heavy atom. The molecule has 2 unspecified atom stereocenters. The Balaban J connectivity index is 2.16. The first-order valence-electron chi connectivity index (χ1n) is 6.67. The predicted molar refractivity (Wildman–Crippen MR) is 71.7 cm³/mol. The van der Waals surface area contributed by atoms with E-state index in [1.807, 2.05) is 37.3 Å². The van der Waals surface area contributed by atoms with Gasteiger partial charge in [-0.25, -0.2) is 0 Å². The quantitative estimate of drug-likeness (QED) is 0.842. The number of likely N-dealkylation sites (tertiary alicyclic amines) is 1. The van der Waals surface area contributed by atoms with E-state index in [0.717, 1.165) is 5.56 Å². The lowest BCUT2D eigenvalue weighted by Gasteiger charge is -2.38. The molecule has 19 heavy (non-hydrogen) atoms. The maximum absolute atomic E-state index is 11.8. The number of aliphatic carboxylic acids is 1. The normalized spacial score (nSPS) is 24.4. The summed E-state index contributed by atoms with van der Waals surface area (Å²) < 4.78 is 0. The van der Waals surface area contributed by atoms with Crippen LogP contribution in [0.1, 0.15) is 25.3 Å². The van der Waals surface area contributed by atoms with Crippen molar-refractivity contribution in [1.29, 1.82) is 0 Å². The molecule has 1 aliphatic heterocycles. The van der Waals surface area contributed by atoms with Crippen molar-refractivity contribution in [2.45, 2.75) is 32.4 Å². The standard InChI is InChI=1S/C15H19NO3/c1-2-12-14(15(18)19)13(17)8-9-16(12)10-11-6-4-3-5-7-11/h3-7,12,14H,2,8-10H2,1H3,(H,18,19). The van der Waals surface area contributed by atoms with E-state index in [0.29, 0.717) is 25.9 Å². The summed E-state index contributed by atoms with van der Waals surface area (Å²) in [6.45, 7) is 3.30. The zero-order valence-electron chi connectivity index (χ0n) is 11.1. The largest absolute Gasteiger partial charge is 0.481 e. The van der Waals surface area contributed by atoms with Crippen molar-refractivity contribution in [3.8, 4) is 0 Å². The van der Waals surface area contributed by atoms with Crippen molar-refractivity contribution in [3.05, 3.63) is 35.9 Å². The molecule has 2 rings (SSSR count). The first kappa shape index (κ1) is 13.7. The molecule has 1 heterocycles. The van der Waals surface area contributed by atoms with Crippen LogP contribution in [-0.4, -0.2) is 34.3 Å².